The molecule has 1 fully saturated rings. The first-order valence-electron chi connectivity index (χ1n) is 7.38. The number of carbonyl (C=O) groups excluding carboxylic acids is 1. The highest BCUT2D eigenvalue weighted by Crippen LogP contribution is 2.13. The summed E-state index contributed by atoms with van der Waals surface area (Å²) in [4.78, 5) is 15.5. The van der Waals surface area contributed by atoms with Gasteiger partial charge < -0.3 is 19.5 Å². The molecule has 0 radical (unpaired) electrons. The van der Waals surface area contributed by atoms with Gasteiger partial charge in [-0.3, -0.25) is 0 Å². The summed E-state index contributed by atoms with van der Waals surface area (Å²) in [6.45, 7) is 4.22. The molecule has 6 heteroatoms. The monoisotopic (exact) mass is 320 g/mol. The summed E-state index contributed by atoms with van der Waals surface area (Å²) >= 11 is 5.84. The summed E-state index contributed by atoms with van der Waals surface area (Å²) in [5.74, 6) is 0.995. The molecular formula is C16H19ClN3O2+. The van der Waals surface area contributed by atoms with Gasteiger partial charge in [0, 0.05) is 10.7 Å². The Morgan fingerprint density at radius 2 is 1.95 bits per heavy atom. The second-order valence-corrected chi connectivity index (χ2v) is 5.87. The number of anilines is 1. The number of benzene rings is 1. The fourth-order valence-corrected chi connectivity index (χ4v) is 2.72. The van der Waals surface area contributed by atoms with Crippen molar-refractivity contribution in [1.29, 1.82) is 0 Å². The van der Waals surface area contributed by atoms with Crippen LogP contribution in [0.2, 0.25) is 5.02 Å². The summed E-state index contributed by atoms with van der Waals surface area (Å²) in [5.41, 5.74) is 0.764. The molecule has 1 aromatic heterocycles. The Morgan fingerprint density at radius 1 is 1.23 bits per heavy atom. The van der Waals surface area contributed by atoms with Crippen LogP contribution >= 0.6 is 11.6 Å². The van der Waals surface area contributed by atoms with Gasteiger partial charge in [0.25, 0.3) is 0 Å². The van der Waals surface area contributed by atoms with Gasteiger partial charge in [0.05, 0.1) is 32.4 Å². The molecule has 2 amide bonds. The summed E-state index contributed by atoms with van der Waals surface area (Å²) in [5, 5.41) is 3.56. The van der Waals surface area contributed by atoms with E-state index in [1.165, 1.54) is 4.90 Å². The topological polar surface area (TPSA) is 49.9 Å². The van der Waals surface area contributed by atoms with E-state index in [1.54, 1.807) is 30.5 Å². The average molecular weight is 321 g/mol. The third-order valence-corrected chi connectivity index (χ3v) is 4.11. The number of quaternary nitrogens is 1. The largest absolute Gasteiger partial charge is 0.463 e. The smallest absolute Gasteiger partial charge is 0.322 e. The molecule has 1 aromatic carbocycles. The first-order chi connectivity index (χ1) is 10.7. The van der Waals surface area contributed by atoms with Crippen molar-refractivity contribution in [3.8, 4) is 0 Å². The lowest BCUT2D eigenvalue weighted by molar-refractivity contribution is -0.918. The summed E-state index contributed by atoms with van der Waals surface area (Å²) < 4.78 is 5.37. The second kappa shape index (κ2) is 6.85. The van der Waals surface area contributed by atoms with E-state index < -0.39 is 0 Å². The van der Waals surface area contributed by atoms with Crippen molar-refractivity contribution in [3.05, 3.63) is 53.4 Å². The molecule has 5 nitrogen and oxygen atoms in total. The number of carbonyl (C=O) groups is 1. The van der Waals surface area contributed by atoms with Crippen LogP contribution in [-0.4, -0.2) is 37.1 Å². The molecule has 2 aromatic rings. The molecule has 22 heavy (non-hydrogen) atoms. The number of nitrogens with one attached hydrogen (secondary N) is 2. The summed E-state index contributed by atoms with van der Waals surface area (Å²) in [7, 11) is 0. The molecule has 0 bridgehead atoms. The maximum atomic E-state index is 12.2. The molecule has 0 aliphatic carbocycles. The highest BCUT2D eigenvalue weighted by atomic mass is 35.5. The SMILES string of the molecule is O=C(Nc1ccc(Cl)cc1)N1CC[NH+](Cc2ccco2)CC1. The molecule has 1 aliphatic heterocycles. The third-order valence-electron chi connectivity index (χ3n) is 3.86. The molecular weight excluding hydrogens is 302 g/mol. The number of hydrogen-bond donors (Lipinski definition) is 2. The minimum atomic E-state index is -0.0561. The predicted octanol–water partition coefficient (Wildman–Crippen LogP) is 1.87. The molecule has 0 saturated carbocycles. The number of piperazine rings is 1. The number of urea groups is 1. The van der Waals surface area contributed by atoms with Crippen LogP contribution in [-0.2, 0) is 6.54 Å². The van der Waals surface area contributed by atoms with E-state index in [1.807, 2.05) is 17.0 Å². The number of furan rings is 1. The van der Waals surface area contributed by atoms with Crippen LogP contribution in [0, 0.1) is 0 Å². The fraction of sp³-hybridized carbons (Fsp3) is 0.312. The van der Waals surface area contributed by atoms with Gasteiger partial charge in [-0.25, -0.2) is 4.79 Å². The number of nitrogens with zero attached hydrogens (tertiary/aromatic N) is 1. The number of rotatable bonds is 3. The van der Waals surface area contributed by atoms with E-state index in [0.717, 1.165) is 44.2 Å². The Bertz CT molecular complexity index is 605. The maximum Gasteiger partial charge on any atom is 0.322 e. The van der Waals surface area contributed by atoms with Crippen molar-refractivity contribution < 1.29 is 14.1 Å². The normalized spacial score (nSPS) is 15.8. The van der Waals surface area contributed by atoms with E-state index in [2.05, 4.69) is 5.32 Å². The van der Waals surface area contributed by atoms with Crippen LogP contribution in [0.4, 0.5) is 10.5 Å². The first kappa shape index (κ1) is 14.9. The zero-order valence-corrected chi connectivity index (χ0v) is 13.0. The maximum absolute atomic E-state index is 12.2. The Balaban J connectivity index is 1.48. The predicted molar refractivity (Wildman–Crippen MR) is 85.2 cm³/mol. The van der Waals surface area contributed by atoms with Gasteiger partial charge in [0.1, 0.15) is 6.54 Å². The Hall–Kier alpha value is -1.98. The number of halogens is 1. The lowest BCUT2D eigenvalue weighted by Crippen LogP contribution is -3.13. The van der Waals surface area contributed by atoms with Crippen molar-refractivity contribution in [1.82, 2.24) is 4.90 Å². The standard InChI is InChI=1S/C16H18ClN3O2/c17-13-3-5-14(6-4-13)18-16(21)20-9-7-19(8-10-20)12-15-2-1-11-22-15/h1-6,11H,7-10,12H2,(H,18,21)/p+1. The summed E-state index contributed by atoms with van der Waals surface area (Å²) in [6.07, 6.45) is 1.70. The van der Waals surface area contributed by atoms with E-state index in [0.29, 0.717) is 5.02 Å². The molecule has 0 atom stereocenters. The third kappa shape index (κ3) is 3.81. The molecule has 2 N–H and O–H groups in total. The molecule has 2 heterocycles. The molecule has 3 rings (SSSR count). The number of amides is 2. The van der Waals surface area contributed by atoms with Crippen LogP contribution in [0.15, 0.2) is 47.1 Å². The lowest BCUT2D eigenvalue weighted by atomic mass is 10.3. The quantitative estimate of drug-likeness (QED) is 0.907. The molecule has 116 valence electrons. The number of hydrogen-bond acceptors (Lipinski definition) is 2. The van der Waals surface area contributed by atoms with Crippen LogP contribution in [0.25, 0.3) is 0 Å². The minimum absolute atomic E-state index is 0.0561. The van der Waals surface area contributed by atoms with E-state index >= 15 is 0 Å². The Labute approximate surface area is 134 Å². The zero-order valence-electron chi connectivity index (χ0n) is 12.2. The Kier molecular flexibility index (Phi) is 4.65. The van der Waals surface area contributed by atoms with E-state index in [4.69, 9.17) is 16.0 Å². The minimum Gasteiger partial charge on any atom is -0.463 e. The molecule has 0 unspecified atom stereocenters. The van der Waals surface area contributed by atoms with Gasteiger partial charge in [-0.1, -0.05) is 11.6 Å². The van der Waals surface area contributed by atoms with Crippen molar-refractivity contribution in [3.63, 3.8) is 0 Å². The molecule has 1 aliphatic rings. The average Bonchev–Trinajstić information content (AvgIpc) is 3.03. The van der Waals surface area contributed by atoms with Gasteiger partial charge in [-0.05, 0) is 36.4 Å². The van der Waals surface area contributed by atoms with Crippen molar-refractivity contribution >= 4 is 23.3 Å². The van der Waals surface area contributed by atoms with Crippen LogP contribution in [0.5, 0.6) is 0 Å². The highest BCUT2D eigenvalue weighted by Gasteiger charge is 2.24. The lowest BCUT2D eigenvalue weighted by Gasteiger charge is -2.31. The van der Waals surface area contributed by atoms with E-state index in [9.17, 15) is 4.79 Å². The molecule has 1 saturated heterocycles. The second-order valence-electron chi connectivity index (χ2n) is 5.43. The van der Waals surface area contributed by atoms with E-state index in [-0.39, 0.29) is 6.03 Å². The van der Waals surface area contributed by atoms with Crippen LogP contribution in [0.3, 0.4) is 0 Å². The van der Waals surface area contributed by atoms with Gasteiger partial charge in [-0.2, -0.15) is 0 Å². The zero-order chi connectivity index (χ0) is 15.4. The first-order valence-corrected chi connectivity index (χ1v) is 7.76. The van der Waals surface area contributed by atoms with Gasteiger partial charge in [-0.15, -0.1) is 0 Å². The van der Waals surface area contributed by atoms with Crippen molar-refractivity contribution in [2.75, 3.05) is 31.5 Å². The van der Waals surface area contributed by atoms with Gasteiger partial charge in [0.2, 0.25) is 0 Å². The van der Waals surface area contributed by atoms with Crippen LogP contribution < -0.4 is 10.2 Å². The highest BCUT2D eigenvalue weighted by molar-refractivity contribution is 6.30. The Morgan fingerprint density at radius 3 is 2.59 bits per heavy atom. The fourth-order valence-electron chi connectivity index (χ4n) is 2.60. The van der Waals surface area contributed by atoms with Crippen molar-refractivity contribution in [2.45, 2.75) is 6.54 Å². The summed E-state index contributed by atoms with van der Waals surface area (Å²) in [6, 6.07) is 11.0. The van der Waals surface area contributed by atoms with Crippen LogP contribution in [0.1, 0.15) is 5.76 Å². The van der Waals surface area contributed by atoms with Crippen molar-refractivity contribution in [2.24, 2.45) is 0 Å². The van der Waals surface area contributed by atoms with Gasteiger partial charge in [0.15, 0.2) is 5.76 Å². The molecule has 0 spiro atoms. The van der Waals surface area contributed by atoms with Gasteiger partial charge >= 0.3 is 6.03 Å².